The van der Waals surface area contributed by atoms with Crippen molar-refractivity contribution < 1.29 is 18.3 Å². The summed E-state index contributed by atoms with van der Waals surface area (Å²) in [6, 6.07) is 10.4. The summed E-state index contributed by atoms with van der Waals surface area (Å²) in [5.74, 6) is -1.52. The van der Waals surface area contributed by atoms with E-state index < -0.39 is 23.3 Å². The number of para-hydroxylation sites is 1. The molecule has 1 heterocycles. The van der Waals surface area contributed by atoms with Gasteiger partial charge in [-0.2, -0.15) is 0 Å². The number of aliphatic hydroxyl groups excluding tert-OH is 1. The molecule has 0 aliphatic rings. The first-order chi connectivity index (χ1) is 9.58. The van der Waals surface area contributed by atoms with E-state index in [1.54, 1.807) is 18.2 Å². The summed E-state index contributed by atoms with van der Waals surface area (Å²) < 4.78 is 33.5. The Hall–Kier alpha value is -1.72. The zero-order valence-corrected chi connectivity index (χ0v) is 11.7. The smallest absolute Gasteiger partial charge is 0.148 e. The normalized spacial score (nSPS) is 12.8. The first-order valence-electron chi connectivity index (χ1n) is 5.88. The van der Waals surface area contributed by atoms with Crippen LogP contribution in [0.4, 0.5) is 8.78 Å². The maximum absolute atomic E-state index is 13.7. The van der Waals surface area contributed by atoms with Crippen LogP contribution in [0, 0.1) is 11.6 Å². The molecule has 0 aliphatic carbocycles. The Kier molecular flexibility index (Phi) is 3.31. The number of benzene rings is 2. The second-order valence-electron chi connectivity index (χ2n) is 4.34. The third kappa shape index (κ3) is 2.13. The molecule has 1 atom stereocenters. The minimum atomic E-state index is -1.49. The van der Waals surface area contributed by atoms with E-state index in [1.807, 2.05) is 6.07 Å². The summed E-state index contributed by atoms with van der Waals surface area (Å²) in [7, 11) is 0. The highest BCUT2D eigenvalue weighted by Gasteiger charge is 2.23. The largest absolute Gasteiger partial charge is 0.457 e. The lowest BCUT2D eigenvalue weighted by Crippen LogP contribution is -2.04. The van der Waals surface area contributed by atoms with Gasteiger partial charge in [-0.15, -0.1) is 0 Å². The van der Waals surface area contributed by atoms with Crippen LogP contribution in [-0.4, -0.2) is 5.11 Å². The summed E-state index contributed by atoms with van der Waals surface area (Å²) >= 11 is 3.32. The molecule has 0 bridgehead atoms. The second-order valence-corrected chi connectivity index (χ2v) is 5.20. The molecular formula is C15H9BrF2O2. The third-order valence-corrected chi connectivity index (χ3v) is 3.68. The van der Waals surface area contributed by atoms with E-state index in [9.17, 15) is 13.9 Å². The maximum Gasteiger partial charge on any atom is 0.148 e. The molecule has 0 aliphatic heterocycles. The third-order valence-electron chi connectivity index (χ3n) is 3.06. The predicted octanol–water partition coefficient (Wildman–Crippen LogP) is 4.56. The van der Waals surface area contributed by atoms with Gasteiger partial charge in [-0.05, 0) is 40.2 Å². The SMILES string of the molecule is OC(c1cc2cccc(Br)c2o1)c1c(F)cccc1F. The Bertz CT molecular complexity index is 762. The van der Waals surface area contributed by atoms with Gasteiger partial charge in [-0.25, -0.2) is 8.78 Å². The molecule has 0 radical (unpaired) electrons. The van der Waals surface area contributed by atoms with Crippen molar-refractivity contribution in [1.29, 1.82) is 0 Å². The van der Waals surface area contributed by atoms with E-state index in [-0.39, 0.29) is 5.76 Å². The molecule has 1 N–H and O–H groups in total. The average molecular weight is 339 g/mol. The highest BCUT2D eigenvalue weighted by molar-refractivity contribution is 9.10. The summed E-state index contributed by atoms with van der Waals surface area (Å²) in [5, 5.41) is 10.9. The standard InChI is InChI=1S/C15H9BrF2O2/c16-9-4-1-3-8-7-12(20-15(8)9)14(19)13-10(17)5-2-6-11(13)18/h1-7,14,19H. The topological polar surface area (TPSA) is 33.4 Å². The molecule has 0 saturated carbocycles. The van der Waals surface area contributed by atoms with E-state index in [2.05, 4.69) is 15.9 Å². The molecule has 0 spiro atoms. The monoisotopic (exact) mass is 338 g/mol. The van der Waals surface area contributed by atoms with Gasteiger partial charge in [0.25, 0.3) is 0 Å². The van der Waals surface area contributed by atoms with Gasteiger partial charge in [0.2, 0.25) is 0 Å². The lowest BCUT2D eigenvalue weighted by Gasteiger charge is -2.10. The van der Waals surface area contributed by atoms with Gasteiger partial charge < -0.3 is 9.52 Å². The number of aliphatic hydroxyl groups is 1. The van der Waals surface area contributed by atoms with Crippen LogP contribution in [0.25, 0.3) is 11.0 Å². The quantitative estimate of drug-likeness (QED) is 0.743. The van der Waals surface area contributed by atoms with Crippen molar-refractivity contribution in [3.05, 3.63) is 69.9 Å². The van der Waals surface area contributed by atoms with Crippen molar-refractivity contribution in [1.82, 2.24) is 0 Å². The Morgan fingerprint density at radius 2 is 1.70 bits per heavy atom. The van der Waals surface area contributed by atoms with Gasteiger partial charge in [0, 0.05) is 5.39 Å². The van der Waals surface area contributed by atoms with Crippen LogP contribution in [0.15, 0.2) is 51.4 Å². The number of furan rings is 1. The minimum absolute atomic E-state index is 0.0934. The fourth-order valence-corrected chi connectivity index (χ4v) is 2.56. The van der Waals surface area contributed by atoms with Crippen molar-refractivity contribution in [3.63, 3.8) is 0 Å². The van der Waals surface area contributed by atoms with E-state index >= 15 is 0 Å². The van der Waals surface area contributed by atoms with Crippen molar-refractivity contribution in [2.75, 3.05) is 0 Å². The predicted molar refractivity (Wildman–Crippen MR) is 74.3 cm³/mol. The van der Waals surface area contributed by atoms with Crippen molar-refractivity contribution in [2.45, 2.75) is 6.10 Å². The lowest BCUT2D eigenvalue weighted by atomic mass is 10.1. The maximum atomic E-state index is 13.7. The van der Waals surface area contributed by atoms with Gasteiger partial charge in [0.15, 0.2) is 0 Å². The highest BCUT2D eigenvalue weighted by atomic mass is 79.9. The molecule has 2 aromatic carbocycles. The fraction of sp³-hybridized carbons (Fsp3) is 0.0667. The highest BCUT2D eigenvalue weighted by Crippen LogP contribution is 2.33. The first-order valence-corrected chi connectivity index (χ1v) is 6.67. The summed E-state index contributed by atoms with van der Waals surface area (Å²) in [6.45, 7) is 0. The Morgan fingerprint density at radius 1 is 1.05 bits per heavy atom. The molecule has 20 heavy (non-hydrogen) atoms. The number of rotatable bonds is 2. The molecule has 1 aromatic heterocycles. The minimum Gasteiger partial charge on any atom is -0.457 e. The van der Waals surface area contributed by atoms with Gasteiger partial charge in [-0.3, -0.25) is 0 Å². The molecule has 5 heteroatoms. The van der Waals surface area contributed by atoms with Crippen molar-refractivity contribution in [2.24, 2.45) is 0 Å². The number of halogens is 3. The van der Waals surface area contributed by atoms with E-state index in [4.69, 9.17) is 4.42 Å². The zero-order valence-electron chi connectivity index (χ0n) is 10.1. The zero-order chi connectivity index (χ0) is 14.3. The van der Waals surface area contributed by atoms with Crippen molar-refractivity contribution >= 4 is 26.9 Å². The number of fused-ring (bicyclic) bond motifs is 1. The Labute approximate surface area is 121 Å². The Balaban J connectivity index is 2.13. The van der Waals surface area contributed by atoms with Crippen LogP contribution in [0.2, 0.25) is 0 Å². The Morgan fingerprint density at radius 3 is 2.35 bits per heavy atom. The summed E-state index contributed by atoms with van der Waals surface area (Å²) in [4.78, 5) is 0. The molecule has 3 rings (SSSR count). The molecule has 1 unspecified atom stereocenters. The van der Waals surface area contributed by atoms with E-state index in [1.165, 1.54) is 6.07 Å². The number of hydrogen-bond acceptors (Lipinski definition) is 2. The van der Waals surface area contributed by atoms with Crippen LogP contribution in [0.3, 0.4) is 0 Å². The van der Waals surface area contributed by atoms with E-state index in [0.29, 0.717) is 10.1 Å². The summed E-state index contributed by atoms with van der Waals surface area (Å²) in [6.07, 6.45) is -1.49. The van der Waals surface area contributed by atoms with Crippen LogP contribution in [0.1, 0.15) is 17.4 Å². The molecular weight excluding hydrogens is 330 g/mol. The molecule has 0 fully saturated rings. The molecule has 3 aromatic rings. The first kappa shape index (κ1) is 13.3. The average Bonchev–Trinajstić information content (AvgIpc) is 2.84. The van der Waals surface area contributed by atoms with Crippen LogP contribution >= 0.6 is 15.9 Å². The van der Waals surface area contributed by atoms with Crippen LogP contribution < -0.4 is 0 Å². The van der Waals surface area contributed by atoms with E-state index in [0.717, 1.165) is 17.5 Å². The number of hydrogen-bond donors (Lipinski definition) is 1. The van der Waals surface area contributed by atoms with Gasteiger partial charge in [0.05, 0.1) is 10.0 Å². The molecule has 0 amide bonds. The molecule has 2 nitrogen and oxygen atoms in total. The van der Waals surface area contributed by atoms with Crippen molar-refractivity contribution in [3.8, 4) is 0 Å². The van der Waals surface area contributed by atoms with Crippen LogP contribution in [-0.2, 0) is 0 Å². The second kappa shape index (κ2) is 5.00. The van der Waals surface area contributed by atoms with Gasteiger partial charge in [0.1, 0.15) is 29.1 Å². The lowest BCUT2D eigenvalue weighted by molar-refractivity contribution is 0.182. The molecule has 0 saturated heterocycles. The van der Waals surface area contributed by atoms with Gasteiger partial charge in [-0.1, -0.05) is 18.2 Å². The van der Waals surface area contributed by atoms with Crippen LogP contribution in [0.5, 0.6) is 0 Å². The molecule has 102 valence electrons. The fourth-order valence-electron chi connectivity index (χ4n) is 2.10. The van der Waals surface area contributed by atoms with Gasteiger partial charge >= 0.3 is 0 Å². The summed E-state index contributed by atoms with van der Waals surface area (Å²) in [5.41, 5.74) is 0.112.